The summed E-state index contributed by atoms with van der Waals surface area (Å²) in [6, 6.07) is 13.8. The molecule has 2 aromatic carbocycles. The molecular weight excluding hydrogens is 461 g/mol. The number of halogens is 1. The summed E-state index contributed by atoms with van der Waals surface area (Å²) in [5.41, 5.74) is 3.35. The molecule has 0 bridgehead atoms. The van der Waals surface area contributed by atoms with Gasteiger partial charge in [0.05, 0.1) is 19.9 Å². The van der Waals surface area contributed by atoms with Gasteiger partial charge in [-0.05, 0) is 61.4 Å². The van der Waals surface area contributed by atoms with Crippen LogP contribution in [0.25, 0.3) is 16.8 Å². The molecule has 1 amide bonds. The van der Waals surface area contributed by atoms with Crippen LogP contribution in [-0.4, -0.2) is 47.8 Å². The molecule has 9 heteroatoms. The summed E-state index contributed by atoms with van der Waals surface area (Å²) < 4.78 is 25.8. The van der Waals surface area contributed by atoms with Crippen molar-refractivity contribution in [2.75, 3.05) is 32.2 Å². The third-order valence-corrected chi connectivity index (χ3v) is 6.62. The highest BCUT2D eigenvalue weighted by Crippen LogP contribution is 2.29. The Bertz CT molecular complexity index is 1360. The van der Waals surface area contributed by atoms with Crippen LogP contribution in [-0.2, 0) is 11.3 Å². The lowest BCUT2D eigenvalue weighted by Crippen LogP contribution is -2.40. The van der Waals surface area contributed by atoms with Crippen molar-refractivity contribution in [2.24, 2.45) is 5.92 Å². The van der Waals surface area contributed by atoms with Crippen LogP contribution in [0.15, 0.2) is 60.9 Å². The topological polar surface area (TPSA) is 81.0 Å². The minimum absolute atomic E-state index is 0.0358. The van der Waals surface area contributed by atoms with Gasteiger partial charge in [0.25, 0.3) is 0 Å². The minimum atomic E-state index is -0.278. The molecule has 0 radical (unpaired) electrons. The van der Waals surface area contributed by atoms with Gasteiger partial charge in [0.2, 0.25) is 5.91 Å². The van der Waals surface area contributed by atoms with Gasteiger partial charge < -0.3 is 19.7 Å². The molecule has 2 aromatic heterocycles. The maximum absolute atomic E-state index is 13.3. The van der Waals surface area contributed by atoms with Crippen molar-refractivity contribution in [1.82, 2.24) is 19.9 Å². The number of hydrogen-bond donors (Lipinski definition) is 1. The van der Waals surface area contributed by atoms with E-state index in [-0.39, 0.29) is 17.6 Å². The van der Waals surface area contributed by atoms with E-state index in [0.717, 1.165) is 46.7 Å². The van der Waals surface area contributed by atoms with Gasteiger partial charge in [-0.15, -0.1) is 0 Å². The first-order chi connectivity index (χ1) is 17.6. The Morgan fingerprint density at radius 1 is 1.08 bits per heavy atom. The Kier molecular flexibility index (Phi) is 6.71. The van der Waals surface area contributed by atoms with Crippen LogP contribution in [0.4, 0.5) is 10.2 Å². The fraction of sp³-hybridized carbons (Fsp3) is 0.296. The van der Waals surface area contributed by atoms with Crippen LogP contribution >= 0.6 is 0 Å². The second kappa shape index (κ2) is 10.2. The van der Waals surface area contributed by atoms with Gasteiger partial charge in [0.15, 0.2) is 5.82 Å². The van der Waals surface area contributed by atoms with E-state index in [1.54, 1.807) is 43.3 Å². The van der Waals surface area contributed by atoms with Crippen LogP contribution in [0.5, 0.6) is 11.5 Å². The average Bonchev–Trinajstić information content (AvgIpc) is 3.36. The number of hydrogen-bond acceptors (Lipinski definition) is 6. The number of carbonyl (C=O) groups is 1. The zero-order valence-electron chi connectivity index (χ0n) is 20.3. The Labute approximate surface area is 208 Å². The fourth-order valence-corrected chi connectivity index (χ4v) is 4.61. The van der Waals surface area contributed by atoms with Crippen molar-refractivity contribution in [2.45, 2.75) is 19.4 Å². The van der Waals surface area contributed by atoms with Crippen molar-refractivity contribution in [3.05, 3.63) is 72.3 Å². The SMILES string of the molecule is COc1ccc(OC)c(CNC(=O)C2CCN(c3nccn4nc(-c5ccc(F)cc5)cc34)CC2)c1. The molecule has 36 heavy (non-hydrogen) atoms. The first-order valence-electron chi connectivity index (χ1n) is 11.9. The molecule has 0 unspecified atom stereocenters. The molecule has 0 aliphatic carbocycles. The smallest absolute Gasteiger partial charge is 0.223 e. The molecule has 3 heterocycles. The minimum Gasteiger partial charge on any atom is -0.497 e. The highest BCUT2D eigenvalue weighted by atomic mass is 19.1. The van der Waals surface area contributed by atoms with Crippen LogP contribution in [0.1, 0.15) is 18.4 Å². The summed E-state index contributed by atoms with van der Waals surface area (Å²) >= 11 is 0. The lowest BCUT2D eigenvalue weighted by molar-refractivity contribution is -0.125. The second-order valence-electron chi connectivity index (χ2n) is 8.77. The van der Waals surface area contributed by atoms with Crippen LogP contribution < -0.4 is 19.7 Å². The number of amides is 1. The monoisotopic (exact) mass is 489 g/mol. The number of nitrogens with zero attached hydrogens (tertiary/aromatic N) is 4. The van der Waals surface area contributed by atoms with E-state index < -0.39 is 0 Å². The number of methoxy groups -OCH3 is 2. The molecule has 1 N–H and O–H groups in total. The molecule has 1 aliphatic rings. The number of fused-ring (bicyclic) bond motifs is 1. The number of nitrogens with one attached hydrogen (secondary N) is 1. The van der Waals surface area contributed by atoms with E-state index in [2.05, 4.69) is 20.3 Å². The molecule has 0 atom stereocenters. The summed E-state index contributed by atoms with van der Waals surface area (Å²) in [7, 11) is 3.22. The van der Waals surface area contributed by atoms with Crippen molar-refractivity contribution in [3.63, 3.8) is 0 Å². The third kappa shape index (κ3) is 4.82. The standard InChI is InChI=1S/C27H28FN5O3/c1-35-22-7-8-25(36-2)20(15-22)17-30-27(34)19-9-12-32(13-10-19)26-24-16-23(31-33(24)14-11-29-26)18-3-5-21(28)6-4-18/h3-8,11,14-16,19H,9-10,12-13,17H2,1-2H3,(H,30,34). The molecule has 186 valence electrons. The Balaban J connectivity index is 1.24. The summed E-state index contributed by atoms with van der Waals surface area (Å²) in [5.74, 6) is 1.95. The Morgan fingerprint density at radius 3 is 2.58 bits per heavy atom. The summed E-state index contributed by atoms with van der Waals surface area (Å²) in [4.78, 5) is 19.7. The summed E-state index contributed by atoms with van der Waals surface area (Å²) in [6.45, 7) is 1.80. The average molecular weight is 490 g/mol. The van der Waals surface area contributed by atoms with Crippen LogP contribution in [0.3, 0.4) is 0 Å². The van der Waals surface area contributed by atoms with Gasteiger partial charge in [0, 0.05) is 49.1 Å². The first-order valence-corrected chi connectivity index (χ1v) is 11.9. The molecular formula is C27H28FN5O3. The molecule has 0 spiro atoms. The number of ether oxygens (including phenoxy) is 2. The van der Waals surface area contributed by atoms with E-state index in [1.807, 2.05) is 24.3 Å². The summed E-state index contributed by atoms with van der Waals surface area (Å²) in [6.07, 6.45) is 4.98. The molecule has 4 aromatic rings. The van der Waals surface area contributed by atoms with Gasteiger partial charge in [-0.2, -0.15) is 5.10 Å². The summed E-state index contributed by atoms with van der Waals surface area (Å²) in [5, 5.41) is 7.69. The largest absolute Gasteiger partial charge is 0.497 e. The first kappa shape index (κ1) is 23.6. The third-order valence-electron chi connectivity index (χ3n) is 6.62. The van der Waals surface area contributed by atoms with Crippen LogP contribution in [0.2, 0.25) is 0 Å². The van der Waals surface area contributed by atoms with E-state index in [1.165, 1.54) is 12.1 Å². The maximum atomic E-state index is 13.3. The molecule has 1 aliphatic heterocycles. The second-order valence-corrected chi connectivity index (χ2v) is 8.77. The fourth-order valence-electron chi connectivity index (χ4n) is 4.61. The Hall–Kier alpha value is -4.14. The van der Waals surface area contributed by atoms with Crippen molar-refractivity contribution in [3.8, 4) is 22.8 Å². The number of piperidine rings is 1. The van der Waals surface area contributed by atoms with Crippen molar-refractivity contribution in [1.29, 1.82) is 0 Å². The van der Waals surface area contributed by atoms with Gasteiger partial charge in [-0.25, -0.2) is 13.9 Å². The lowest BCUT2D eigenvalue weighted by atomic mass is 9.95. The van der Waals surface area contributed by atoms with Crippen molar-refractivity contribution < 1.29 is 18.7 Å². The predicted octanol–water partition coefficient (Wildman–Crippen LogP) is 4.09. The quantitative estimate of drug-likeness (QED) is 0.421. The molecule has 8 nitrogen and oxygen atoms in total. The molecule has 0 saturated carbocycles. The zero-order chi connectivity index (χ0) is 25.1. The number of rotatable bonds is 7. The maximum Gasteiger partial charge on any atom is 0.223 e. The lowest BCUT2D eigenvalue weighted by Gasteiger charge is -2.32. The van der Waals surface area contributed by atoms with Crippen LogP contribution in [0, 0.1) is 11.7 Å². The highest BCUT2D eigenvalue weighted by molar-refractivity contribution is 5.80. The van der Waals surface area contributed by atoms with Gasteiger partial charge in [-0.3, -0.25) is 4.79 Å². The highest BCUT2D eigenvalue weighted by Gasteiger charge is 2.27. The van der Waals surface area contributed by atoms with E-state index in [0.29, 0.717) is 25.4 Å². The van der Waals surface area contributed by atoms with Crippen molar-refractivity contribution >= 4 is 17.2 Å². The van der Waals surface area contributed by atoms with Gasteiger partial charge in [-0.1, -0.05) is 0 Å². The number of benzene rings is 2. The van der Waals surface area contributed by atoms with E-state index in [9.17, 15) is 9.18 Å². The normalized spacial score (nSPS) is 14.1. The molecule has 1 fully saturated rings. The Morgan fingerprint density at radius 2 is 1.86 bits per heavy atom. The molecule has 5 rings (SSSR count). The van der Waals surface area contributed by atoms with E-state index in [4.69, 9.17) is 9.47 Å². The number of anilines is 1. The predicted molar refractivity (Wildman–Crippen MR) is 135 cm³/mol. The van der Waals surface area contributed by atoms with Gasteiger partial charge >= 0.3 is 0 Å². The van der Waals surface area contributed by atoms with Gasteiger partial charge in [0.1, 0.15) is 22.8 Å². The number of carbonyl (C=O) groups excluding carboxylic acids is 1. The number of aromatic nitrogens is 3. The van der Waals surface area contributed by atoms with E-state index >= 15 is 0 Å². The molecule has 1 saturated heterocycles. The zero-order valence-corrected chi connectivity index (χ0v) is 20.3.